The van der Waals surface area contributed by atoms with E-state index in [1.807, 2.05) is 0 Å². The van der Waals surface area contributed by atoms with Crippen LogP contribution in [-0.4, -0.2) is 5.75 Å². The lowest BCUT2D eigenvalue weighted by molar-refractivity contribution is 0.390. The third-order valence-corrected chi connectivity index (χ3v) is 7.79. The molecule has 4 rings (SSSR count). The number of benzene rings is 3. The molecular weight excluding hydrogens is 401 g/mol. The summed E-state index contributed by atoms with van der Waals surface area (Å²) in [6.07, 6.45) is 6.21. The van der Waals surface area contributed by atoms with Crippen molar-refractivity contribution in [3.63, 3.8) is 0 Å². The summed E-state index contributed by atoms with van der Waals surface area (Å²) < 4.78 is 40.6. The van der Waals surface area contributed by atoms with E-state index >= 15 is 0 Å². The van der Waals surface area contributed by atoms with Gasteiger partial charge in [-0.2, -0.15) is 0 Å². The van der Waals surface area contributed by atoms with E-state index in [0.717, 1.165) is 22.4 Å². The largest absolute Gasteiger partial charge is 0.207 e. The molecule has 0 spiro atoms. The van der Waals surface area contributed by atoms with E-state index in [0.29, 0.717) is 5.92 Å². The predicted molar refractivity (Wildman–Crippen MR) is 118 cm³/mol. The van der Waals surface area contributed by atoms with Crippen molar-refractivity contribution in [1.29, 1.82) is 0 Å². The van der Waals surface area contributed by atoms with Gasteiger partial charge in [0.15, 0.2) is 0 Å². The molecule has 4 heteroatoms. The molecule has 156 valence electrons. The Balaban J connectivity index is 1.85. The average Bonchev–Trinajstić information content (AvgIpc) is 2.78. The first-order valence-corrected chi connectivity index (χ1v) is 11.5. The van der Waals surface area contributed by atoms with Crippen molar-refractivity contribution in [3.8, 4) is 0 Å². The second-order valence-corrected chi connectivity index (χ2v) is 9.25. The smallest absolute Gasteiger partial charge is 0.123 e. The summed E-state index contributed by atoms with van der Waals surface area (Å²) in [5.74, 6) is 0.644. The Kier molecular flexibility index (Phi) is 6.52. The molecule has 1 saturated carbocycles. The summed E-state index contributed by atoms with van der Waals surface area (Å²) >= 11 is 1.79. The molecule has 0 bridgehead atoms. The fourth-order valence-electron chi connectivity index (χ4n) is 4.40. The Morgan fingerprint density at radius 1 is 0.600 bits per heavy atom. The molecule has 0 aliphatic heterocycles. The molecule has 0 amide bonds. The second-order valence-electron chi connectivity index (χ2n) is 8.02. The van der Waals surface area contributed by atoms with E-state index < -0.39 is 4.75 Å². The Hall–Kier alpha value is -2.20. The van der Waals surface area contributed by atoms with Gasteiger partial charge in [0.25, 0.3) is 0 Å². The zero-order valence-corrected chi connectivity index (χ0v) is 17.6. The Bertz CT molecular complexity index is 832. The molecule has 0 N–H and O–H groups in total. The van der Waals surface area contributed by atoms with Crippen molar-refractivity contribution in [2.24, 2.45) is 5.92 Å². The lowest BCUT2D eigenvalue weighted by Gasteiger charge is -2.37. The first kappa shape index (κ1) is 21.0. The summed E-state index contributed by atoms with van der Waals surface area (Å²) in [7, 11) is 0. The fourth-order valence-corrected chi connectivity index (χ4v) is 6.13. The lowest BCUT2D eigenvalue weighted by Crippen LogP contribution is -2.27. The third kappa shape index (κ3) is 4.44. The number of halogens is 3. The maximum absolute atomic E-state index is 13.8. The molecule has 30 heavy (non-hydrogen) atoms. The molecule has 0 atom stereocenters. The fraction of sp³-hybridized carbons (Fsp3) is 0.308. The van der Waals surface area contributed by atoms with Gasteiger partial charge >= 0.3 is 0 Å². The van der Waals surface area contributed by atoms with Gasteiger partial charge in [0, 0.05) is 0 Å². The van der Waals surface area contributed by atoms with Crippen molar-refractivity contribution in [1.82, 2.24) is 0 Å². The minimum absolute atomic E-state index is 0.303. The van der Waals surface area contributed by atoms with Crippen LogP contribution in [0.2, 0.25) is 0 Å². The topological polar surface area (TPSA) is 0 Å². The van der Waals surface area contributed by atoms with E-state index in [9.17, 15) is 13.2 Å². The highest BCUT2D eigenvalue weighted by atomic mass is 32.2. The van der Waals surface area contributed by atoms with Crippen LogP contribution in [0.1, 0.15) is 48.8 Å². The van der Waals surface area contributed by atoms with Crippen LogP contribution in [0.25, 0.3) is 0 Å². The van der Waals surface area contributed by atoms with Crippen LogP contribution in [0.5, 0.6) is 0 Å². The zero-order valence-electron chi connectivity index (χ0n) is 16.8. The highest BCUT2D eigenvalue weighted by molar-refractivity contribution is 8.00. The molecule has 3 aromatic carbocycles. The summed E-state index contributed by atoms with van der Waals surface area (Å²) in [6, 6.07) is 19.5. The molecule has 0 nitrogen and oxygen atoms in total. The van der Waals surface area contributed by atoms with Crippen LogP contribution in [0, 0.1) is 23.4 Å². The molecule has 1 fully saturated rings. The zero-order chi connectivity index (χ0) is 21.0. The average molecular weight is 427 g/mol. The SMILES string of the molecule is Fc1ccc(C(SCC2CCCCC2)(c2ccc(F)cc2)c2ccc(F)cc2)cc1. The van der Waals surface area contributed by atoms with Gasteiger partial charge in [0.05, 0.1) is 4.75 Å². The maximum Gasteiger partial charge on any atom is 0.123 e. The molecule has 3 aromatic rings. The van der Waals surface area contributed by atoms with Gasteiger partial charge in [-0.05, 0) is 77.6 Å². The number of rotatable bonds is 6. The van der Waals surface area contributed by atoms with Crippen LogP contribution in [0.3, 0.4) is 0 Å². The first-order valence-electron chi connectivity index (χ1n) is 10.5. The van der Waals surface area contributed by atoms with Crippen molar-refractivity contribution >= 4 is 11.8 Å². The van der Waals surface area contributed by atoms with E-state index in [1.165, 1.54) is 68.5 Å². The van der Waals surface area contributed by atoms with Crippen LogP contribution in [0.15, 0.2) is 72.8 Å². The molecular formula is C26H25F3S. The van der Waals surface area contributed by atoms with Crippen LogP contribution >= 0.6 is 11.8 Å². The van der Waals surface area contributed by atoms with E-state index in [4.69, 9.17) is 0 Å². The van der Waals surface area contributed by atoms with Crippen molar-refractivity contribution in [2.45, 2.75) is 36.9 Å². The standard InChI is InChI=1S/C26H25F3S/c27-23-12-6-20(7-13-23)26(21-8-14-24(28)15-9-21,22-10-16-25(29)17-11-22)30-18-19-4-2-1-3-5-19/h6-17,19H,1-5,18H2. The van der Waals surface area contributed by atoms with E-state index in [-0.39, 0.29) is 17.5 Å². The van der Waals surface area contributed by atoms with Gasteiger partial charge in [0.2, 0.25) is 0 Å². The highest BCUT2D eigenvalue weighted by Crippen LogP contribution is 2.50. The van der Waals surface area contributed by atoms with Crippen molar-refractivity contribution in [3.05, 3.63) is 107 Å². The third-order valence-electron chi connectivity index (χ3n) is 6.01. The predicted octanol–water partition coefficient (Wildman–Crippen LogP) is 7.71. The number of hydrogen-bond acceptors (Lipinski definition) is 1. The molecule has 0 heterocycles. The van der Waals surface area contributed by atoms with Gasteiger partial charge in [-0.15, -0.1) is 11.8 Å². The van der Waals surface area contributed by atoms with Crippen LogP contribution < -0.4 is 0 Å². The molecule has 0 unspecified atom stereocenters. The first-order chi connectivity index (χ1) is 14.6. The quantitative estimate of drug-likeness (QED) is 0.364. The van der Waals surface area contributed by atoms with Crippen LogP contribution in [-0.2, 0) is 4.75 Å². The van der Waals surface area contributed by atoms with E-state index in [1.54, 1.807) is 48.2 Å². The van der Waals surface area contributed by atoms with E-state index in [2.05, 4.69) is 0 Å². The monoisotopic (exact) mass is 426 g/mol. The summed E-state index contributed by atoms with van der Waals surface area (Å²) in [6.45, 7) is 0. The Morgan fingerprint density at radius 3 is 1.33 bits per heavy atom. The summed E-state index contributed by atoms with van der Waals surface area (Å²) in [5, 5.41) is 0. The molecule has 0 saturated heterocycles. The molecule has 0 aromatic heterocycles. The minimum Gasteiger partial charge on any atom is -0.207 e. The van der Waals surface area contributed by atoms with Gasteiger partial charge in [-0.25, -0.2) is 13.2 Å². The summed E-state index contributed by atoms with van der Waals surface area (Å²) in [4.78, 5) is 0. The van der Waals surface area contributed by atoms with Gasteiger partial charge < -0.3 is 0 Å². The van der Waals surface area contributed by atoms with Crippen molar-refractivity contribution in [2.75, 3.05) is 5.75 Å². The maximum atomic E-state index is 13.8. The number of hydrogen-bond donors (Lipinski definition) is 0. The Morgan fingerprint density at radius 2 is 0.967 bits per heavy atom. The normalized spacial score (nSPS) is 15.3. The Labute approximate surface area is 180 Å². The van der Waals surface area contributed by atoms with Gasteiger partial charge in [0.1, 0.15) is 17.5 Å². The lowest BCUT2D eigenvalue weighted by atomic mass is 9.84. The second kappa shape index (κ2) is 9.30. The van der Waals surface area contributed by atoms with Crippen molar-refractivity contribution < 1.29 is 13.2 Å². The minimum atomic E-state index is -0.674. The number of thioether (sulfide) groups is 1. The van der Waals surface area contributed by atoms with Gasteiger partial charge in [-0.1, -0.05) is 55.7 Å². The van der Waals surface area contributed by atoms with Crippen LogP contribution in [0.4, 0.5) is 13.2 Å². The molecule has 1 aliphatic carbocycles. The summed E-state index contributed by atoms with van der Waals surface area (Å²) in [5.41, 5.74) is 2.72. The molecule has 1 aliphatic rings. The molecule has 0 radical (unpaired) electrons. The van der Waals surface area contributed by atoms with Gasteiger partial charge in [-0.3, -0.25) is 0 Å². The highest BCUT2D eigenvalue weighted by Gasteiger charge is 2.38.